The molecule has 1 nitrogen and oxygen atoms in total. The van der Waals surface area contributed by atoms with E-state index < -0.39 is 0 Å². The van der Waals surface area contributed by atoms with Crippen LogP contribution in [0.5, 0.6) is 0 Å². The van der Waals surface area contributed by atoms with Crippen LogP contribution in [-0.4, -0.2) is 11.8 Å². The first-order valence-electron chi connectivity index (χ1n) is 6.26. The summed E-state index contributed by atoms with van der Waals surface area (Å²) in [7, 11) is 0. The lowest BCUT2D eigenvalue weighted by atomic mass is 9.92. The van der Waals surface area contributed by atoms with Gasteiger partial charge in [0.1, 0.15) is 5.82 Å². The number of rotatable bonds is 3. The van der Waals surface area contributed by atoms with Crippen LogP contribution in [0, 0.1) is 11.7 Å². The van der Waals surface area contributed by atoms with Crippen LogP contribution < -0.4 is 5.32 Å². The quantitative estimate of drug-likeness (QED) is 0.880. The van der Waals surface area contributed by atoms with Crippen LogP contribution in [0.2, 0.25) is 0 Å². The Kier molecular flexibility index (Phi) is 4.10. The van der Waals surface area contributed by atoms with Crippen molar-refractivity contribution >= 4 is 11.8 Å². The predicted molar refractivity (Wildman–Crippen MR) is 72.7 cm³/mol. The lowest BCUT2D eigenvalue weighted by Gasteiger charge is -2.36. The minimum Gasteiger partial charge on any atom is -0.309 e. The highest BCUT2D eigenvalue weighted by Crippen LogP contribution is 2.41. The van der Waals surface area contributed by atoms with Gasteiger partial charge in [0.2, 0.25) is 0 Å². The highest BCUT2D eigenvalue weighted by Gasteiger charge is 2.31. The lowest BCUT2D eigenvalue weighted by molar-refractivity contribution is 0.445. The van der Waals surface area contributed by atoms with Crippen LogP contribution in [0.3, 0.4) is 0 Å². The van der Waals surface area contributed by atoms with Crippen molar-refractivity contribution < 1.29 is 4.39 Å². The number of nitrogens with one attached hydrogen (secondary N) is 1. The molecular weight excluding hydrogens is 233 g/mol. The zero-order chi connectivity index (χ0) is 12.4. The van der Waals surface area contributed by atoms with Crippen molar-refractivity contribution in [1.82, 2.24) is 5.32 Å². The number of hydrogen-bond acceptors (Lipinski definition) is 2. The molecule has 0 radical (unpaired) electrons. The molecule has 0 aromatic heterocycles. The maximum atomic E-state index is 13.4. The third kappa shape index (κ3) is 2.66. The third-order valence-electron chi connectivity index (χ3n) is 3.28. The first kappa shape index (κ1) is 12.9. The van der Waals surface area contributed by atoms with E-state index in [9.17, 15) is 4.39 Å². The Bertz CT molecular complexity index is 392. The molecule has 0 saturated carbocycles. The van der Waals surface area contributed by atoms with E-state index in [0.717, 1.165) is 17.9 Å². The summed E-state index contributed by atoms with van der Waals surface area (Å²) in [6, 6.07) is 5.48. The molecule has 0 bridgehead atoms. The summed E-state index contributed by atoms with van der Waals surface area (Å²) in [5, 5.41) is 4.04. The second kappa shape index (κ2) is 5.40. The molecule has 0 fully saturated rings. The number of fused-ring (bicyclic) bond motifs is 1. The lowest BCUT2D eigenvalue weighted by Crippen LogP contribution is -2.36. The van der Waals surface area contributed by atoms with Crippen LogP contribution in [0.4, 0.5) is 4.39 Å². The van der Waals surface area contributed by atoms with Gasteiger partial charge in [0, 0.05) is 17.0 Å². The normalized spacial score (nSPS) is 23.8. The minimum absolute atomic E-state index is 0.124. The van der Waals surface area contributed by atoms with E-state index in [-0.39, 0.29) is 11.9 Å². The molecule has 3 heteroatoms. The Morgan fingerprint density at radius 3 is 2.88 bits per heavy atom. The molecule has 1 N–H and O–H groups in total. The van der Waals surface area contributed by atoms with Crippen LogP contribution in [-0.2, 0) is 5.75 Å². The first-order valence-corrected chi connectivity index (χ1v) is 7.31. The molecule has 1 aromatic carbocycles. The minimum atomic E-state index is -0.124. The van der Waals surface area contributed by atoms with Gasteiger partial charge in [0.25, 0.3) is 0 Å². The Morgan fingerprint density at radius 1 is 1.47 bits per heavy atom. The van der Waals surface area contributed by atoms with Crippen molar-refractivity contribution in [3.63, 3.8) is 0 Å². The van der Waals surface area contributed by atoms with Crippen molar-refractivity contribution in [2.75, 3.05) is 6.54 Å². The van der Waals surface area contributed by atoms with Crippen molar-refractivity contribution in [3.8, 4) is 0 Å². The summed E-state index contributed by atoms with van der Waals surface area (Å²) in [4.78, 5) is 0. The van der Waals surface area contributed by atoms with Gasteiger partial charge < -0.3 is 5.32 Å². The molecule has 94 valence electrons. The van der Waals surface area contributed by atoms with Gasteiger partial charge in [-0.15, -0.1) is 0 Å². The number of halogens is 1. The highest BCUT2D eigenvalue weighted by atomic mass is 32.2. The van der Waals surface area contributed by atoms with E-state index in [4.69, 9.17) is 0 Å². The zero-order valence-corrected chi connectivity index (χ0v) is 11.5. The molecule has 17 heavy (non-hydrogen) atoms. The third-order valence-corrected chi connectivity index (χ3v) is 4.96. The number of thioether (sulfide) groups is 1. The second-order valence-corrected chi connectivity index (χ2v) is 6.06. The average Bonchev–Trinajstić information content (AvgIpc) is 2.29. The molecule has 2 rings (SSSR count). The van der Waals surface area contributed by atoms with Crippen LogP contribution in [0.1, 0.15) is 37.9 Å². The average molecular weight is 253 g/mol. The SMILES string of the molecule is CCNC1c2cc(F)ccc2CSC1C(C)C. The van der Waals surface area contributed by atoms with E-state index in [1.807, 2.05) is 17.8 Å². The molecule has 2 atom stereocenters. The standard InChI is InChI=1S/C14H20FNS/c1-4-16-13-12-7-11(15)6-5-10(12)8-17-14(13)9(2)3/h5-7,9,13-14,16H,4,8H2,1-3H3. The highest BCUT2D eigenvalue weighted by molar-refractivity contribution is 7.99. The topological polar surface area (TPSA) is 12.0 Å². The van der Waals surface area contributed by atoms with Crippen molar-refractivity contribution in [1.29, 1.82) is 0 Å². The van der Waals surface area contributed by atoms with Gasteiger partial charge in [0.05, 0.1) is 0 Å². The van der Waals surface area contributed by atoms with Crippen LogP contribution in [0.15, 0.2) is 18.2 Å². The van der Waals surface area contributed by atoms with Crippen molar-refractivity contribution in [3.05, 3.63) is 35.1 Å². The van der Waals surface area contributed by atoms with Gasteiger partial charge in [-0.2, -0.15) is 11.8 Å². The van der Waals surface area contributed by atoms with E-state index in [2.05, 4.69) is 26.1 Å². The fourth-order valence-corrected chi connectivity index (χ4v) is 3.92. The predicted octanol–water partition coefficient (Wildman–Crippen LogP) is 3.75. The molecular formula is C14H20FNS. The molecule has 0 saturated heterocycles. The van der Waals surface area contributed by atoms with Gasteiger partial charge in [-0.25, -0.2) is 4.39 Å². The van der Waals surface area contributed by atoms with E-state index in [1.165, 1.54) is 5.56 Å². The van der Waals surface area contributed by atoms with Gasteiger partial charge in [-0.1, -0.05) is 26.8 Å². The molecule has 0 aliphatic carbocycles. The summed E-state index contributed by atoms with van der Waals surface area (Å²) in [6.07, 6.45) is 0. The molecule has 1 aliphatic rings. The molecule has 0 spiro atoms. The van der Waals surface area contributed by atoms with Gasteiger partial charge >= 0.3 is 0 Å². The maximum Gasteiger partial charge on any atom is 0.123 e. The smallest absolute Gasteiger partial charge is 0.123 e. The monoisotopic (exact) mass is 253 g/mol. The van der Waals surface area contributed by atoms with Gasteiger partial charge in [-0.3, -0.25) is 0 Å². The molecule has 1 aromatic rings. The summed E-state index contributed by atoms with van der Waals surface area (Å²) in [6.45, 7) is 7.51. The Labute approximate surface area is 107 Å². The Hall–Kier alpha value is -0.540. The molecule has 1 aliphatic heterocycles. The largest absolute Gasteiger partial charge is 0.309 e. The van der Waals surface area contributed by atoms with Crippen LogP contribution >= 0.6 is 11.8 Å². The molecule has 0 amide bonds. The van der Waals surface area contributed by atoms with Gasteiger partial charge in [0.15, 0.2) is 0 Å². The maximum absolute atomic E-state index is 13.4. The Balaban J connectivity index is 2.37. The number of hydrogen-bond donors (Lipinski definition) is 1. The van der Waals surface area contributed by atoms with E-state index in [0.29, 0.717) is 11.2 Å². The van der Waals surface area contributed by atoms with Gasteiger partial charge in [-0.05, 0) is 35.7 Å². The van der Waals surface area contributed by atoms with Crippen LogP contribution in [0.25, 0.3) is 0 Å². The zero-order valence-electron chi connectivity index (χ0n) is 10.7. The van der Waals surface area contributed by atoms with E-state index >= 15 is 0 Å². The first-order chi connectivity index (χ1) is 8.13. The summed E-state index contributed by atoms with van der Waals surface area (Å²) < 4.78 is 13.4. The number of benzene rings is 1. The van der Waals surface area contributed by atoms with Crippen molar-refractivity contribution in [2.24, 2.45) is 5.92 Å². The fourth-order valence-electron chi connectivity index (χ4n) is 2.47. The van der Waals surface area contributed by atoms with E-state index in [1.54, 1.807) is 12.1 Å². The second-order valence-electron chi connectivity index (χ2n) is 4.90. The van der Waals surface area contributed by atoms with Crippen molar-refractivity contribution in [2.45, 2.75) is 37.8 Å². The summed E-state index contributed by atoms with van der Waals surface area (Å²) >= 11 is 1.98. The molecule has 1 heterocycles. The summed E-state index contributed by atoms with van der Waals surface area (Å²) in [5.41, 5.74) is 2.43. The Morgan fingerprint density at radius 2 is 2.24 bits per heavy atom. The fraction of sp³-hybridized carbons (Fsp3) is 0.571. The summed E-state index contributed by atoms with van der Waals surface area (Å²) in [5.74, 6) is 1.47. The molecule has 2 unspecified atom stereocenters.